The summed E-state index contributed by atoms with van der Waals surface area (Å²) < 4.78 is 6.51. The Morgan fingerprint density at radius 2 is 1.49 bits per heavy atom. The molecule has 0 radical (unpaired) electrons. The first-order valence-corrected chi connectivity index (χ1v) is 17.9. The quantitative estimate of drug-likeness (QED) is 0.125. The Balaban J connectivity index is 1.06. The lowest BCUT2D eigenvalue weighted by Gasteiger charge is -2.41. The monoisotopic (exact) mass is 685 g/mol. The van der Waals surface area contributed by atoms with E-state index in [1.165, 1.54) is 27.8 Å². The van der Waals surface area contributed by atoms with Crippen LogP contribution in [0.2, 0.25) is 0 Å². The number of benzene rings is 5. The van der Waals surface area contributed by atoms with Crippen LogP contribution in [0.15, 0.2) is 187 Å². The van der Waals surface area contributed by atoms with E-state index < -0.39 is 5.41 Å². The molecule has 53 heavy (non-hydrogen) atoms. The van der Waals surface area contributed by atoms with Gasteiger partial charge in [-0.15, -0.1) is 0 Å². The van der Waals surface area contributed by atoms with Crippen LogP contribution in [0, 0.1) is 0 Å². The summed E-state index contributed by atoms with van der Waals surface area (Å²) in [5.41, 5.74) is 20.8. The number of hydrogen-bond donors (Lipinski definition) is 3. The van der Waals surface area contributed by atoms with Gasteiger partial charge in [-0.3, -0.25) is 4.98 Å². The highest BCUT2D eigenvalue weighted by Crippen LogP contribution is 2.60. The van der Waals surface area contributed by atoms with Crippen molar-refractivity contribution in [3.8, 4) is 28.0 Å². The maximum atomic E-state index is 6.87. The Labute approximate surface area is 308 Å². The van der Waals surface area contributed by atoms with E-state index in [1.807, 2.05) is 48.9 Å². The molecule has 4 heterocycles. The van der Waals surface area contributed by atoms with Crippen LogP contribution in [0.4, 0.5) is 0 Å². The average molecular weight is 686 g/mol. The van der Waals surface area contributed by atoms with Crippen molar-refractivity contribution >= 4 is 17.0 Å². The number of nitrogens with zero attached hydrogens (tertiary/aromatic N) is 2. The summed E-state index contributed by atoms with van der Waals surface area (Å²) in [7, 11) is 0. The number of dihydropyridines is 2. The van der Waals surface area contributed by atoms with Crippen molar-refractivity contribution in [3.63, 3.8) is 0 Å². The van der Waals surface area contributed by atoms with Gasteiger partial charge < -0.3 is 21.1 Å². The second-order valence-electron chi connectivity index (χ2n) is 13.7. The number of allylic oxidation sites excluding steroid dienone is 3. The predicted molar refractivity (Wildman–Crippen MR) is 213 cm³/mol. The molecule has 2 atom stereocenters. The molecule has 1 spiro atoms. The Bertz CT molecular complexity index is 2580. The molecule has 1 aromatic heterocycles. The SMILES string of the molecule is NC(=NC1NC=C(c2ccccc2)C=C1c1ccccc1)c1cccc(-c2ccc3c(c2)C2(C4=C(C=CNC4)Oc4ccncc42)c2ccccc2-3)c1. The van der Waals surface area contributed by atoms with Crippen LogP contribution in [0.3, 0.4) is 0 Å². The standard InChI is InChI=1S/C47H35N5O/c48-45(52-46-38(31-12-5-2-6-13-31)25-35(27-51-46)30-10-3-1-4-11-30)34-15-9-14-32(24-34)33-18-19-37-36-16-7-8-17-39(36)47(40(37)26-33)41-28-49-22-20-43(41)53-44-21-23-50-29-42(44)47/h1-28,46,50-51H,29H2,(H2,48,52). The van der Waals surface area contributed by atoms with Gasteiger partial charge in [0.2, 0.25) is 0 Å². The maximum absolute atomic E-state index is 6.87. The van der Waals surface area contributed by atoms with Gasteiger partial charge in [-0.2, -0.15) is 0 Å². The third kappa shape index (κ3) is 4.94. The van der Waals surface area contributed by atoms with Crippen molar-refractivity contribution in [2.45, 2.75) is 11.6 Å². The van der Waals surface area contributed by atoms with Crippen molar-refractivity contribution in [3.05, 3.63) is 215 Å². The molecule has 0 amide bonds. The molecular weight excluding hydrogens is 651 g/mol. The number of hydrogen-bond acceptors (Lipinski definition) is 5. The predicted octanol–water partition coefficient (Wildman–Crippen LogP) is 8.59. The summed E-state index contributed by atoms with van der Waals surface area (Å²) in [6.45, 7) is 0.664. The minimum absolute atomic E-state index is 0.352. The van der Waals surface area contributed by atoms with Gasteiger partial charge in [-0.25, -0.2) is 4.99 Å². The Morgan fingerprint density at radius 1 is 0.736 bits per heavy atom. The average Bonchev–Trinajstić information content (AvgIpc) is 3.51. The van der Waals surface area contributed by atoms with Gasteiger partial charge in [0.05, 0.1) is 5.41 Å². The molecule has 0 saturated heterocycles. The van der Waals surface area contributed by atoms with Gasteiger partial charge in [-0.1, -0.05) is 115 Å². The van der Waals surface area contributed by atoms with Crippen molar-refractivity contribution < 1.29 is 4.74 Å². The topological polar surface area (TPSA) is 84.6 Å². The number of ether oxygens (including phenoxy) is 1. The molecule has 10 rings (SSSR count). The molecule has 6 aromatic rings. The zero-order chi connectivity index (χ0) is 35.4. The summed E-state index contributed by atoms with van der Waals surface area (Å²) in [4.78, 5) is 9.70. The van der Waals surface area contributed by atoms with E-state index in [0.29, 0.717) is 12.4 Å². The van der Waals surface area contributed by atoms with Crippen LogP contribution >= 0.6 is 0 Å². The smallest absolute Gasteiger partial charge is 0.147 e. The highest BCUT2D eigenvalue weighted by Gasteiger charge is 2.52. The normalized spacial score (nSPS) is 19.5. The highest BCUT2D eigenvalue weighted by atomic mass is 16.5. The van der Waals surface area contributed by atoms with Crippen LogP contribution in [0.1, 0.15) is 33.4 Å². The Hall–Kier alpha value is -6.92. The minimum atomic E-state index is -0.562. The molecule has 4 N–H and O–H groups in total. The number of nitrogens with two attached hydrogens (primary N) is 1. The van der Waals surface area contributed by atoms with E-state index >= 15 is 0 Å². The zero-order valence-corrected chi connectivity index (χ0v) is 28.8. The number of amidine groups is 1. The van der Waals surface area contributed by atoms with Crippen molar-refractivity contribution in [1.82, 2.24) is 15.6 Å². The van der Waals surface area contributed by atoms with Gasteiger partial charge in [0.25, 0.3) is 0 Å². The van der Waals surface area contributed by atoms with Crippen molar-refractivity contribution in [2.24, 2.45) is 10.7 Å². The first-order valence-electron chi connectivity index (χ1n) is 17.9. The van der Waals surface area contributed by atoms with Crippen molar-refractivity contribution in [2.75, 3.05) is 6.54 Å². The van der Waals surface area contributed by atoms with E-state index in [9.17, 15) is 0 Å². The Morgan fingerprint density at radius 3 is 2.36 bits per heavy atom. The summed E-state index contributed by atoms with van der Waals surface area (Å²) in [5.74, 6) is 2.18. The van der Waals surface area contributed by atoms with E-state index in [4.69, 9.17) is 15.5 Å². The van der Waals surface area contributed by atoms with Gasteiger partial charge in [-0.05, 0) is 80.4 Å². The van der Waals surface area contributed by atoms with E-state index in [2.05, 4.69) is 131 Å². The second kappa shape index (κ2) is 12.4. The molecule has 254 valence electrons. The largest absolute Gasteiger partial charge is 0.457 e. The van der Waals surface area contributed by atoms with Crippen molar-refractivity contribution in [1.29, 1.82) is 0 Å². The molecule has 6 nitrogen and oxygen atoms in total. The number of aromatic nitrogens is 1. The van der Waals surface area contributed by atoms with E-state index in [1.54, 1.807) is 6.20 Å². The summed E-state index contributed by atoms with van der Waals surface area (Å²) >= 11 is 0. The zero-order valence-electron chi connectivity index (χ0n) is 28.8. The molecule has 0 bridgehead atoms. The molecule has 0 saturated carbocycles. The van der Waals surface area contributed by atoms with Gasteiger partial charge in [0.1, 0.15) is 23.5 Å². The van der Waals surface area contributed by atoms with Gasteiger partial charge >= 0.3 is 0 Å². The molecule has 1 aliphatic carbocycles. The third-order valence-electron chi connectivity index (χ3n) is 10.8. The molecule has 3 aliphatic heterocycles. The van der Waals surface area contributed by atoms with Crippen LogP contribution in [-0.4, -0.2) is 23.5 Å². The molecule has 4 aliphatic rings. The van der Waals surface area contributed by atoms with Gasteiger partial charge in [0.15, 0.2) is 0 Å². The maximum Gasteiger partial charge on any atom is 0.147 e. The molecular formula is C47H35N5O. The number of nitrogens with one attached hydrogen (secondary N) is 2. The molecule has 0 fully saturated rings. The lowest BCUT2D eigenvalue weighted by Crippen LogP contribution is -2.39. The number of aliphatic imine (C=N–C) groups is 1. The third-order valence-corrected chi connectivity index (χ3v) is 10.8. The Kier molecular flexibility index (Phi) is 7.22. The van der Waals surface area contributed by atoms with Crippen LogP contribution in [-0.2, 0) is 5.41 Å². The van der Waals surface area contributed by atoms with Crippen LogP contribution < -0.4 is 21.1 Å². The fraction of sp³-hybridized carbons (Fsp3) is 0.0638. The van der Waals surface area contributed by atoms with Gasteiger partial charge in [0, 0.05) is 53.6 Å². The summed E-state index contributed by atoms with van der Waals surface area (Å²) in [6, 6.07) is 46.7. The fourth-order valence-electron chi connectivity index (χ4n) is 8.40. The lowest BCUT2D eigenvalue weighted by atomic mass is 9.65. The first kappa shape index (κ1) is 30.9. The number of rotatable bonds is 5. The highest BCUT2D eigenvalue weighted by molar-refractivity contribution is 6.00. The molecule has 5 aromatic carbocycles. The van der Waals surface area contributed by atoms with E-state index in [-0.39, 0.29) is 6.17 Å². The number of fused-ring (bicyclic) bond motifs is 8. The molecule has 2 unspecified atom stereocenters. The number of pyridine rings is 1. The lowest BCUT2D eigenvalue weighted by molar-refractivity contribution is 0.389. The summed E-state index contributed by atoms with van der Waals surface area (Å²) in [6.07, 6.45) is 11.7. The van der Waals surface area contributed by atoms with Crippen LogP contribution in [0.5, 0.6) is 5.75 Å². The summed E-state index contributed by atoms with van der Waals surface area (Å²) in [5, 5.41) is 7.01. The minimum Gasteiger partial charge on any atom is -0.457 e. The van der Waals surface area contributed by atoms with Crippen LogP contribution in [0.25, 0.3) is 33.4 Å². The second-order valence-corrected chi connectivity index (χ2v) is 13.7. The first-order chi connectivity index (χ1) is 26.2. The van der Waals surface area contributed by atoms with E-state index in [0.717, 1.165) is 56.0 Å². The molecule has 6 heteroatoms. The fourth-order valence-corrected chi connectivity index (χ4v) is 8.40.